The van der Waals surface area contributed by atoms with Crippen molar-refractivity contribution in [3.63, 3.8) is 0 Å². The molecule has 0 saturated carbocycles. The normalized spacial score (nSPS) is 11.8. The Morgan fingerprint density at radius 1 is 0.208 bits per heavy atom. The summed E-state index contributed by atoms with van der Waals surface area (Å²) in [5.41, 5.74) is 16.2. The van der Waals surface area contributed by atoms with Crippen LogP contribution in [0.2, 0.25) is 0 Å². The Bertz CT molecular complexity index is 7170. The van der Waals surface area contributed by atoms with Gasteiger partial charge in [-0.2, -0.15) is 0 Å². The number of thiophene rings is 3. The first-order chi connectivity index (χ1) is 52.5. The number of hydrogen-bond donors (Lipinski definition) is 0. The summed E-state index contributed by atoms with van der Waals surface area (Å²) in [6.07, 6.45) is 0. The van der Waals surface area contributed by atoms with E-state index in [9.17, 15) is 0 Å². The maximum Gasteiger partial charge on any atom is 0.164 e. The molecule has 0 bridgehead atoms. The average molecular weight is 1450 g/mol. The highest BCUT2D eigenvalue weighted by Crippen LogP contribution is 2.47. The molecule has 0 spiro atoms. The van der Waals surface area contributed by atoms with Gasteiger partial charge in [0.25, 0.3) is 0 Å². The topological polar surface area (TPSA) is 116 Å². The zero-order valence-electron chi connectivity index (χ0n) is 56.0. The Morgan fingerprint density at radius 3 is 1.21 bits per heavy atom. The van der Waals surface area contributed by atoms with Gasteiger partial charge in [-0.3, -0.25) is 0 Å². The van der Waals surface area contributed by atoms with Gasteiger partial charge in [0.05, 0.1) is 20.4 Å². The van der Waals surface area contributed by atoms with E-state index in [1.165, 1.54) is 64.7 Å². The lowest BCUT2D eigenvalue weighted by atomic mass is 10.0. The third kappa shape index (κ3) is 10.9. The van der Waals surface area contributed by atoms with Gasteiger partial charge >= 0.3 is 0 Å². The molecule has 0 saturated heterocycles. The molecule has 0 fully saturated rings. The number of benzene rings is 14. The third-order valence-electron chi connectivity index (χ3n) is 19.6. The number of aromatic nitrogens is 8. The molecule has 0 aliphatic carbocycles. The molecular formula is C92H52N8OS5. The second kappa shape index (κ2) is 25.6. The summed E-state index contributed by atoms with van der Waals surface area (Å²) >= 11 is 8.87. The highest BCUT2D eigenvalue weighted by Gasteiger charge is 2.23. The maximum absolute atomic E-state index is 6.35. The van der Waals surface area contributed by atoms with Crippen LogP contribution in [0.1, 0.15) is 0 Å². The average Bonchev–Trinajstić information content (AvgIpc) is 1.60. The Labute approximate surface area is 626 Å². The standard InChI is InChI=1S/C46H26N4OS2.C46H26N4S3/c1-2-10-28(11-3-1)43-48-44(29-22-20-27(21-23-29)31-13-8-14-33-32-12-4-6-17-37(32)51-42(31)33)50-45(49-43)34-15-9-19-40-41(34)35-26-30(24-25-38(35)52-40)46-47-36-16-5-7-18-39(36)53-46;1-2-11-27(12-3-1)43-48-44(29-14-8-13-28(25-29)31-16-9-17-33-32-15-4-6-20-37(32)52-42(31)33)50-45(49-43)34-18-10-22-40-41(34)35-26-30(23-24-38(35)51-40)46-47-36-19-5-7-21-39(36)53-46/h2*1-26H. The molecule has 496 valence electrons. The van der Waals surface area contributed by atoms with Gasteiger partial charge in [0, 0.05) is 121 Å². The van der Waals surface area contributed by atoms with E-state index < -0.39 is 0 Å². The summed E-state index contributed by atoms with van der Waals surface area (Å²) < 4.78 is 16.1. The van der Waals surface area contributed by atoms with Crippen LogP contribution in [0.4, 0.5) is 0 Å². The van der Waals surface area contributed by atoms with Crippen molar-refractivity contribution in [1.29, 1.82) is 0 Å². The second-order valence-corrected chi connectivity index (χ2v) is 31.3. The molecule has 0 amide bonds. The van der Waals surface area contributed by atoms with E-state index in [0.29, 0.717) is 34.9 Å². The van der Waals surface area contributed by atoms with Crippen LogP contribution < -0.4 is 0 Å². The summed E-state index contributed by atoms with van der Waals surface area (Å²) in [5, 5.41) is 11.5. The predicted octanol–water partition coefficient (Wildman–Crippen LogP) is 26.6. The molecule has 8 aromatic heterocycles. The molecule has 22 aromatic rings. The van der Waals surface area contributed by atoms with Gasteiger partial charge in [-0.15, -0.1) is 56.7 Å². The van der Waals surface area contributed by atoms with Crippen molar-refractivity contribution >= 4 is 160 Å². The van der Waals surface area contributed by atoms with Gasteiger partial charge in [0.1, 0.15) is 21.2 Å². The van der Waals surface area contributed by atoms with Crippen molar-refractivity contribution in [2.24, 2.45) is 0 Å². The van der Waals surface area contributed by atoms with E-state index in [1.807, 2.05) is 90.2 Å². The van der Waals surface area contributed by atoms with E-state index in [-0.39, 0.29) is 0 Å². The Morgan fingerprint density at radius 2 is 0.613 bits per heavy atom. The molecule has 0 N–H and O–H groups in total. The molecule has 0 aliphatic rings. The van der Waals surface area contributed by atoms with Crippen LogP contribution in [0, 0.1) is 0 Å². The summed E-state index contributed by atoms with van der Waals surface area (Å²) in [6, 6.07) is 110. The van der Waals surface area contributed by atoms with Gasteiger partial charge in [-0.05, 0) is 95.6 Å². The van der Waals surface area contributed by atoms with Crippen LogP contribution in [0.3, 0.4) is 0 Å². The van der Waals surface area contributed by atoms with Gasteiger partial charge < -0.3 is 4.42 Å². The van der Waals surface area contributed by atoms with Crippen molar-refractivity contribution in [1.82, 2.24) is 39.9 Å². The summed E-state index contributed by atoms with van der Waals surface area (Å²) in [4.78, 5) is 40.8. The molecule has 106 heavy (non-hydrogen) atoms. The number of rotatable bonds is 10. The lowest BCUT2D eigenvalue weighted by molar-refractivity contribution is 0.670. The van der Waals surface area contributed by atoms with Crippen LogP contribution in [-0.2, 0) is 0 Å². The molecule has 9 nitrogen and oxygen atoms in total. The SMILES string of the molecule is c1ccc(-c2nc(-c3ccc(-c4cccc5c4oc4ccccc45)cc3)nc(-c3cccc4sc5ccc(-c6nc7ccccc7s6)cc5c34)n2)cc1.c1ccc(-c2nc(-c3cccc(-c4cccc5c4sc4ccccc45)c3)nc(-c3cccc4sc5ccc(-c6nc7ccccc7s6)cc5c34)n2)cc1. The molecule has 14 heteroatoms. The van der Waals surface area contributed by atoms with Crippen LogP contribution >= 0.6 is 56.7 Å². The quantitative estimate of drug-likeness (QED) is 0.132. The highest BCUT2D eigenvalue weighted by atomic mass is 32.1. The zero-order valence-corrected chi connectivity index (χ0v) is 60.1. The molecule has 0 atom stereocenters. The van der Waals surface area contributed by atoms with E-state index in [1.54, 1.807) is 45.3 Å². The molecule has 8 heterocycles. The molecule has 0 aliphatic heterocycles. The fraction of sp³-hybridized carbons (Fsp3) is 0. The first-order valence-corrected chi connectivity index (χ1v) is 38.8. The highest BCUT2D eigenvalue weighted by molar-refractivity contribution is 7.27. The first-order valence-electron chi connectivity index (χ1n) is 34.8. The van der Waals surface area contributed by atoms with Crippen molar-refractivity contribution in [3.05, 3.63) is 315 Å². The Hall–Kier alpha value is -12.7. The van der Waals surface area contributed by atoms with Crippen molar-refractivity contribution in [2.45, 2.75) is 0 Å². The number of fused-ring (bicyclic) bond motifs is 14. The van der Waals surface area contributed by atoms with Gasteiger partial charge in [0.2, 0.25) is 0 Å². The van der Waals surface area contributed by atoms with Crippen LogP contribution in [-0.4, -0.2) is 39.9 Å². The molecule has 22 rings (SSSR count). The number of hydrogen-bond acceptors (Lipinski definition) is 14. The summed E-state index contributed by atoms with van der Waals surface area (Å²) in [6.45, 7) is 0. The molecular weight excluding hydrogens is 1390 g/mol. The Kier molecular flexibility index (Phi) is 15.0. The second-order valence-electron chi connectivity index (χ2n) is 26.0. The monoisotopic (exact) mass is 1440 g/mol. The van der Waals surface area contributed by atoms with Gasteiger partial charge in [-0.25, -0.2) is 39.9 Å². The van der Waals surface area contributed by atoms with Crippen molar-refractivity contribution < 1.29 is 4.42 Å². The third-order valence-corrected chi connectivity index (χ3v) is 25.2. The lowest BCUT2D eigenvalue weighted by Crippen LogP contribution is -2.00. The number of nitrogens with zero attached hydrogens (tertiary/aromatic N) is 8. The smallest absolute Gasteiger partial charge is 0.164 e. The fourth-order valence-corrected chi connectivity index (χ4v) is 19.9. The van der Waals surface area contributed by atoms with E-state index in [4.69, 9.17) is 44.3 Å². The minimum atomic E-state index is 0.619. The van der Waals surface area contributed by atoms with E-state index >= 15 is 0 Å². The number of para-hydroxylation sites is 4. The Balaban J connectivity index is 0.000000136. The van der Waals surface area contributed by atoms with Gasteiger partial charge in [0.15, 0.2) is 34.9 Å². The van der Waals surface area contributed by atoms with Crippen LogP contribution in [0.15, 0.2) is 320 Å². The summed E-state index contributed by atoms with van der Waals surface area (Å²) in [7, 11) is 0. The molecule has 0 radical (unpaired) electrons. The van der Waals surface area contributed by atoms with Crippen LogP contribution in [0.5, 0.6) is 0 Å². The van der Waals surface area contributed by atoms with Crippen molar-refractivity contribution in [2.75, 3.05) is 0 Å². The minimum Gasteiger partial charge on any atom is -0.455 e. The molecule has 14 aromatic carbocycles. The van der Waals surface area contributed by atoms with E-state index in [0.717, 1.165) is 115 Å². The largest absolute Gasteiger partial charge is 0.455 e. The molecule has 0 unspecified atom stereocenters. The van der Waals surface area contributed by atoms with Crippen molar-refractivity contribution in [3.8, 4) is 112 Å². The predicted molar refractivity (Wildman–Crippen MR) is 446 cm³/mol. The van der Waals surface area contributed by atoms with Crippen LogP contribution in [0.25, 0.3) is 215 Å². The fourth-order valence-electron chi connectivity index (χ4n) is 14.5. The van der Waals surface area contributed by atoms with Gasteiger partial charge in [-0.1, -0.05) is 237 Å². The summed E-state index contributed by atoms with van der Waals surface area (Å²) in [5.74, 6) is 3.84. The number of furan rings is 1. The first kappa shape index (κ1) is 62.0. The maximum atomic E-state index is 6.35. The minimum absolute atomic E-state index is 0.619. The lowest BCUT2D eigenvalue weighted by Gasteiger charge is -2.11. The number of thiazole rings is 2. The van der Waals surface area contributed by atoms with E-state index in [2.05, 4.69) is 237 Å². The zero-order chi connectivity index (χ0) is 69.8.